The minimum absolute atomic E-state index is 0.151. The average Bonchev–Trinajstić information content (AvgIpc) is 2.48. The lowest BCUT2D eigenvalue weighted by Crippen LogP contribution is -2.43. The van der Waals surface area contributed by atoms with Crippen molar-refractivity contribution in [2.75, 3.05) is 27.2 Å². The van der Waals surface area contributed by atoms with Gasteiger partial charge in [0.05, 0.1) is 6.07 Å². The van der Waals surface area contributed by atoms with Crippen LogP contribution in [-0.2, 0) is 5.41 Å². The molecule has 3 heteroatoms. The molecule has 0 spiro atoms. The molecule has 1 atom stereocenters. The summed E-state index contributed by atoms with van der Waals surface area (Å²) in [4.78, 5) is 4.63. The lowest BCUT2D eigenvalue weighted by atomic mass is 9.86. The molecule has 0 bridgehead atoms. The van der Waals surface area contributed by atoms with Gasteiger partial charge < -0.3 is 4.90 Å². The third kappa shape index (κ3) is 3.88. The Morgan fingerprint density at radius 3 is 2.18 bits per heavy atom. The Morgan fingerprint density at radius 2 is 1.73 bits per heavy atom. The van der Waals surface area contributed by atoms with E-state index < -0.39 is 0 Å². The number of benzene rings is 1. The van der Waals surface area contributed by atoms with Gasteiger partial charge in [0.25, 0.3) is 0 Å². The predicted octanol–water partition coefficient (Wildman–Crippen LogP) is 3.57. The van der Waals surface area contributed by atoms with Crippen molar-refractivity contribution in [1.82, 2.24) is 9.80 Å². The quantitative estimate of drug-likeness (QED) is 0.854. The Morgan fingerprint density at radius 1 is 1.18 bits per heavy atom. The molecule has 1 aromatic carbocycles. The average molecular weight is 299 g/mol. The molecule has 22 heavy (non-hydrogen) atoms. The Hall–Kier alpha value is -1.37. The minimum atomic E-state index is -0.151. The molecule has 1 aliphatic rings. The molecule has 0 aliphatic carbocycles. The first-order chi connectivity index (χ1) is 10.3. The van der Waals surface area contributed by atoms with Crippen molar-refractivity contribution in [2.45, 2.75) is 51.1 Å². The topological polar surface area (TPSA) is 30.3 Å². The summed E-state index contributed by atoms with van der Waals surface area (Å²) in [6.07, 6.45) is 2.29. The number of rotatable bonds is 3. The van der Waals surface area contributed by atoms with Gasteiger partial charge in [-0.1, -0.05) is 45.0 Å². The highest BCUT2D eigenvalue weighted by molar-refractivity contribution is 5.31. The van der Waals surface area contributed by atoms with Gasteiger partial charge in [-0.3, -0.25) is 4.90 Å². The van der Waals surface area contributed by atoms with Gasteiger partial charge in [0.1, 0.15) is 6.04 Å². The van der Waals surface area contributed by atoms with Crippen LogP contribution in [0.15, 0.2) is 24.3 Å². The van der Waals surface area contributed by atoms with Crippen molar-refractivity contribution in [3.05, 3.63) is 35.4 Å². The second-order valence-electron chi connectivity index (χ2n) is 7.60. The highest BCUT2D eigenvalue weighted by Gasteiger charge is 2.27. The molecule has 120 valence electrons. The summed E-state index contributed by atoms with van der Waals surface area (Å²) in [5, 5.41) is 9.66. The summed E-state index contributed by atoms with van der Waals surface area (Å²) in [7, 11) is 4.27. The standard InChI is InChI=1S/C19H29N3/c1-19(2,3)16-8-6-15(7-9-16)18(14-20)22(5)17-10-12-21(4)13-11-17/h6-9,17-18H,10-13H2,1-5H3. The molecule has 0 aromatic heterocycles. The Balaban J connectivity index is 2.12. The molecule has 1 unspecified atom stereocenters. The van der Waals surface area contributed by atoms with Crippen LogP contribution in [0.4, 0.5) is 0 Å². The first-order valence-corrected chi connectivity index (χ1v) is 8.23. The molecule has 1 aliphatic heterocycles. The van der Waals surface area contributed by atoms with E-state index in [4.69, 9.17) is 0 Å². The largest absolute Gasteiger partial charge is 0.306 e. The van der Waals surface area contributed by atoms with Crippen LogP contribution in [0.1, 0.15) is 50.8 Å². The van der Waals surface area contributed by atoms with Gasteiger partial charge in [0, 0.05) is 6.04 Å². The van der Waals surface area contributed by atoms with Gasteiger partial charge in [-0.05, 0) is 56.6 Å². The molecule has 2 rings (SSSR count). The fraction of sp³-hybridized carbons (Fsp3) is 0.632. The molecule has 1 saturated heterocycles. The highest BCUT2D eigenvalue weighted by atomic mass is 15.2. The fourth-order valence-electron chi connectivity index (χ4n) is 3.18. The monoisotopic (exact) mass is 299 g/mol. The van der Waals surface area contributed by atoms with E-state index in [2.05, 4.69) is 75.0 Å². The third-order valence-electron chi connectivity index (χ3n) is 4.89. The molecule has 3 nitrogen and oxygen atoms in total. The molecular formula is C19H29N3. The van der Waals surface area contributed by atoms with Crippen LogP contribution in [0.25, 0.3) is 0 Å². The molecule has 1 heterocycles. The maximum Gasteiger partial charge on any atom is 0.123 e. The van der Waals surface area contributed by atoms with Gasteiger partial charge in [-0.2, -0.15) is 5.26 Å². The third-order valence-corrected chi connectivity index (χ3v) is 4.89. The maximum atomic E-state index is 9.66. The molecule has 0 radical (unpaired) electrons. The lowest BCUT2D eigenvalue weighted by molar-refractivity contribution is 0.126. The summed E-state index contributed by atoms with van der Waals surface area (Å²) in [5.41, 5.74) is 2.58. The normalized spacial score (nSPS) is 19.1. The maximum absolute atomic E-state index is 9.66. The van der Waals surface area contributed by atoms with E-state index >= 15 is 0 Å². The predicted molar refractivity (Wildman–Crippen MR) is 91.8 cm³/mol. The minimum Gasteiger partial charge on any atom is -0.306 e. The van der Waals surface area contributed by atoms with Crippen molar-refractivity contribution in [1.29, 1.82) is 5.26 Å². The van der Waals surface area contributed by atoms with Gasteiger partial charge in [0.2, 0.25) is 0 Å². The molecule has 0 amide bonds. The zero-order chi connectivity index (χ0) is 16.3. The van der Waals surface area contributed by atoms with Crippen LogP contribution in [-0.4, -0.2) is 43.0 Å². The second-order valence-corrected chi connectivity index (χ2v) is 7.60. The van der Waals surface area contributed by atoms with Crippen LogP contribution in [0.3, 0.4) is 0 Å². The van der Waals surface area contributed by atoms with E-state index in [1.807, 2.05) is 0 Å². The Labute approximate surface area is 135 Å². The van der Waals surface area contributed by atoms with E-state index in [-0.39, 0.29) is 11.5 Å². The first kappa shape index (κ1) is 17.0. The van der Waals surface area contributed by atoms with E-state index in [1.165, 1.54) is 5.56 Å². The van der Waals surface area contributed by atoms with Gasteiger partial charge in [-0.15, -0.1) is 0 Å². The van der Waals surface area contributed by atoms with Gasteiger partial charge in [-0.25, -0.2) is 0 Å². The van der Waals surface area contributed by atoms with Crippen molar-refractivity contribution in [3.8, 4) is 6.07 Å². The smallest absolute Gasteiger partial charge is 0.123 e. The summed E-state index contributed by atoms with van der Waals surface area (Å²) in [6, 6.07) is 11.4. The molecular weight excluding hydrogens is 270 g/mol. The molecule has 0 saturated carbocycles. The van der Waals surface area contributed by atoms with Crippen LogP contribution in [0, 0.1) is 11.3 Å². The van der Waals surface area contributed by atoms with E-state index in [0.29, 0.717) is 6.04 Å². The molecule has 1 aromatic rings. The SMILES string of the molecule is CN1CCC(N(C)C(C#N)c2ccc(C(C)(C)C)cc2)CC1. The van der Waals surface area contributed by atoms with E-state index in [9.17, 15) is 5.26 Å². The molecule has 0 N–H and O–H groups in total. The van der Waals surface area contributed by atoms with Crippen molar-refractivity contribution >= 4 is 0 Å². The summed E-state index contributed by atoms with van der Waals surface area (Å²) < 4.78 is 0. The number of hydrogen-bond donors (Lipinski definition) is 0. The molecule has 1 fully saturated rings. The second kappa shape index (κ2) is 6.81. The van der Waals surface area contributed by atoms with Crippen LogP contribution < -0.4 is 0 Å². The summed E-state index contributed by atoms with van der Waals surface area (Å²) in [6.45, 7) is 8.89. The zero-order valence-corrected chi connectivity index (χ0v) is 14.6. The van der Waals surface area contributed by atoms with Gasteiger partial charge in [0.15, 0.2) is 0 Å². The number of nitrogens with zero attached hydrogens (tertiary/aromatic N) is 3. The van der Waals surface area contributed by atoms with Crippen LogP contribution >= 0.6 is 0 Å². The van der Waals surface area contributed by atoms with Crippen molar-refractivity contribution < 1.29 is 0 Å². The fourth-order valence-corrected chi connectivity index (χ4v) is 3.18. The number of hydrogen-bond acceptors (Lipinski definition) is 3. The van der Waals surface area contributed by atoms with Crippen molar-refractivity contribution in [3.63, 3.8) is 0 Å². The van der Waals surface area contributed by atoms with E-state index in [1.54, 1.807) is 0 Å². The summed E-state index contributed by atoms with van der Waals surface area (Å²) in [5.74, 6) is 0. The number of nitriles is 1. The lowest BCUT2D eigenvalue weighted by Gasteiger charge is -2.37. The highest BCUT2D eigenvalue weighted by Crippen LogP contribution is 2.28. The first-order valence-electron chi connectivity index (χ1n) is 8.23. The van der Waals surface area contributed by atoms with E-state index in [0.717, 1.165) is 31.5 Å². The Kier molecular flexibility index (Phi) is 5.26. The van der Waals surface area contributed by atoms with Crippen LogP contribution in [0.2, 0.25) is 0 Å². The zero-order valence-electron chi connectivity index (χ0n) is 14.6. The van der Waals surface area contributed by atoms with Crippen molar-refractivity contribution in [2.24, 2.45) is 0 Å². The van der Waals surface area contributed by atoms with Gasteiger partial charge >= 0.3 is 0 Å². The summed E-state index contributed by atoms with van der Waals surface area (Å²) >= 11 is 0. The van der Waals surface area contributed by atoms with Crippen LogP contribution in [0.5, 0.6) is 0 Å². The Bertz CT molecular complexity index is 513. The number of likely N-dealkylation sites (tertiary alicyclic amines) is 1. The number of piperidine rings is 1.